The zero-order valence-electron chi connectivity index (χ0n) is 15.7. The normalized spacial score (nSPS) is 11.6. The van der Waals surface area contributed by atoms with Gasteiger partial charge in [0.25, 0.3) is 0 Å². The molecule has 0 aliphatic rings. The predicted molar refractivity (Wildman–Crippen MR) is 96.3 cm³/mol. The van der Waals surface area contributed by atoms with Gasteiger partial charge in [0.2, 0.25) is 0 Å². The van der Waals surface area contributed by atoms with Crippen LogP contribution in [0.5, 0.6) is 0 Å². The minimum atomic E-state index is 0.299. The number of aldehydes is 1. The summed E-state index contributed by atoms with van der Waals surface area (Å²) in [4.78, 5) is 10.2. The van der Waals surface area contributed by atoms with Crippen LogP contribution in [0, 0.1) is 0 Å². The summed E-state index contributed by atoms with van der Waals surface area (Å²) in [5.74, 6) is 0. The fraction of sp³-hybridized carbons (Fsp3) is 0.632. The second-order valence-electron chi connectivity index (χ2n) is 5.58. The Balaban J connectivity index is 0. The SMILES string of the molecule is CC(C)=CCCC(C)=CCCC(C)=CC=O.COCOCOC. The van der Waals surface area contributed by atoms with Crippen molar-refractivity contribution in [3.8, 4) is 0 Å². The van der Waals surface area contributed by atoms with E-state index in [1.54, 1.807) is 20.3 Å². The van der Waals surface area contributed by atoms with Gasteiger partial charge in [-0.3, -0.25) is 4.79 Å². The van der Waals surface area contributed by atoms with Gasteiger partial charge in [0.15, 0.2) is 0 Å². The maximum atomic E-state index is 10.2. The number of ether oxygens (including phenoxy) is 3. The summed E-state index contributed by atoms with van der Waals surface area (Å²) in [6.45, 7) is 9.04. The fourth-order valence-electron chi connectivity index (χ4n) is 1.64. The van der Waals surface area contributed by atoms with Crippen LogP contribution in [0.2, 0.25) is 0 Å². The van der Waals surface area contributed by atoms with E-state index in [1.807, 2.05) is 6.92 Å². The Bertz CT molecular complexity index is 360. The molecule has 0 atom stereocenters. The van der Waals surface area contributed by atoms with Crippen LogP contribution in [-0.2, 0) is 19.0 Å². The fourth-order valence-corrected chi connectivity index (χ4v) is 1.64. The molecule has 0 aliphatic heterocycles. The van der Waals surface area contributed by atoms with Crippen molar-refractivity contribution in [1.29, 1.82) is 0 Å². The first-order valence-electron chi connectivity index (χ1n) is 7.93. The molecule has 4 heteroatoms. The van der Waals surface area contributed by atoms with E-state index in [2.05, 4.69) is 47.1 Å². The molecule has 0 heterocycles. The quantitative estimate of drug-likeness (QED) is 0.180. The molecule has 0 radical (unpaired) electrons. The second-order valence-corrected chi connectivity index (χ2v) is 5.58. The first kappa shape index (κ1) is 24.0. The van der Waals surface area contributed by atoms with Gasteiger partial charge in [-0.15, -0.1) is 0 Å². The van der Waals surface area contributed by atoms with Crippen molar-refractivity contribution in [2.75, 3.05) is 27.8 Å². The van der Waals surface area contributed by atoms with Crippen LogP contribution in [0.4, 0.5) is 0 Å². The Morgan fingerprint density at radius 2 is 1.35 bits per heavy atom. The summed E-state index contributed by atoms with van der Waals surface area (Å²) < 4.78 is 13.8. The molecule has 0 aromatic carbocycles. The monoisotopic (exact) mass is 326 g/mol. The Hall–Kier alpha value is -1.23. The average Bonchev–Trinajstić information content (AvgIpc) is 2.48. The number of carbonyl (C=O) groups excluding carboxylic acids is 1. The lowest BCUT2D eigenvalue weighted by Gasteiger charge is -2.00. The van der Waals surface area contributed by atoms with Gasteiger partial charge in [-0.1, -0.05) is 28.9 Å². The molecule has 4 nitrogen and oxygen atoms in total. The van der Waals surface area contributed by atoms with E-state index in [-0.39, 0.29) is 0 Å². The molecule has 23 heavy (non-hydrogen) atoms. The van der Waals surface area contributed by atoms with Crippen molar-refractivity contribution in [2.24, 2.45) is 0 Å². The molecule has 0 bridgehead atoms. The number of hydrogen-bond acceptors (Lipinski definition) is 4. The van der Waals surface area contributed by atoms with E-state index >= 15 is 0 Å². The van der Waals surface area contributed by atoms with Crippen LogP contribution in [0.3, 0.4) is 0 Å². The second kappa shape index (κ2) is 18.8. The number of rotatable bonds is 11. The van der Waals surface area contributed by atoms with Crippen LogP contribution >= 0.6 is 0 Å². The standard InChI is InChI=1S/C15H24O.C4H10O3/c1-13(2)7-5-8-14(3)9-6-10-15(4)11-12-16;1-5-3-7-4-6-2/h7,9,11-12H,5-6,8,10H2,1-4H3;3-4H2,1-2H3. The Kier molecular flexibility index (Phi) is 19.7. The van der Waals surface area contributed by atoms with E-state index in [9.17, 15) is 4.79 Å². The minimum absolute atomic E-state index is 0.299. The number of hydrogen-bond donors (Lipinski definition) is 0. The summed E-state index contributed by atoms with van der Waals surface area (Å²) in [5, 5.41) is 0. The predicted octanol–water partition coefficient (Wildman–Crippen LogP) is 4.82. The van der Waals surface area contributed by atoms with Crippen molar-refractivity contribution in [2.45, 2.75) is 53.4 Å². The van der Waals surface area contributed by atoms with E-state index in [0.717, 1.165) is 37.5 Å². The van der Waals surface area contributed by atoms with E-state index in [1.165, 1.54) is 11.1 Å². The Labute approximate surface area is 142 Å². The molecule has 0 rings (SSSR count). The smallest absolute Gasteiger partial charge is 0.149 e. The van der Waals surface area contributed by atoms with E-state index in [0.29, 0.717) is 13.6 Å². The molecule has 134 valence electrons. The Morgan fingerprint density at radius 1 is 0.826 bits per heavy atom. The molecular weight excluding hydrogens is 292 g/mol. The maximum absolute atomic E-state index is 10.2. The lowest BCUT2D eigenvalue weighted by atomic mass is 10.1. The van der Waals surface area contributed by atoms with E-state index in [4.69, 9.17) is 0 Å². The summed E-state index contributed by atoms with van der Waals surface area (Å²) in [7, 11) is 3.13. The topological polar surface area (TPSA) is 44.8 Å². The highest BCUT2D eigenvalue weighted by Gasteiger charge is 1.91. The molecule has 0 unspecified atom stereocenters. The maximum Gasteiger partial charge on any atom is 0.149 e. The highest BCUT2D eigenvalue weighted by molar-refractivity contribution is 5.65. The molecule has 0 N–H and O–H groups in total. The molecule has 0 saturated heterocycles. The van der Waals surface area contributed by atoms with Gasteiger partial charge < -0.3 is 14.2 Å². The van der Waals surface area contributed by atoms with Gasteiger partial charge in [0.05, 0.1) is 0 Å². The first-order chi connectivity index (χ1) is 11.0. The van der Waals surface area contributed by atoms with Crippen LogP contribution in [0.15, 0.2) is 34.9 Å². The average molecular weight is 326 g/mol. The van der Waals surface area contributed by atoms with Gasteiger partial charge in [0.1, 0.15) is 19.9 Å². The van der Waals surface area contributed by atoms with Crippen molar-refractivity contribution in [1.82, 2.24) is 0 Å². The number of allylic oxidation sites excluding steroid dienone is 6. The minimum Gasteiger partial charge on any atom is -0.359 e. The third-order valence-electron chi connectivity index (χ3n) is 2.88. The molecule has 0 aromatic rings. The van der Waals surface area contributed by atoms with Crippen molar-refractivity contribution in [3.05, 3.63) is 34.9 Å². The zero-order chi connectivity index (χ0) is 17.9. The van der Waals surface area contributed by atoms with Crippen LogP contribution in [0.1, 0.15) is 53.4 Å². The summed E-state index contributed by atoms with van der Waals surface area (Å²) in [6.07, 6.45) is 11.4. The molecular formula is C19H34O4. The lowest BCUT2D eigenvalue weighted by Crippen LogP contribution is -1.98. The third kappa shape index (κ3) is 23.2. The molecule has 0 aromatic heterocycles. The molecule has 0 aliphatic carbocycles. The van der Waals surface area contributed by atoms with Crippen molar-refractivity contribution < 1.29 is 19.0 Å². The molecule has 0 amide bonds. The van der Waals surface area contributed by atoms with Crippen LogP contribution < -0.4 is 0 Å². The van der Waals surface area contributed by atoms with Crippen LogP contribution in [-0.4, -0.2) is 34.1 Å². The highest BCUT2D eigenvalue weighted by Crippen LogP contribution is 2.10. The van der Waals surface area contributed by atoms with Gasteiger partial charge >= 0.3 is 0 Å². The van der Waals surface area contributed by atoms with Gasteiger partial charge in [-0.05, 0) is 59.5 Å². The van der Waals surface area contributed by atoms with Gasteiger partial charge in [-0.25, -0.2) is 0 Å². The Morgan fingerprint density at radius 3 is 1.83 bits per heavy atom. The van der Waals surface area contributed by atoms with Crippen molar-refractivity contribution in [3.63, 3.8) is 0 Å². The largest absolute Gasteiger partial charge is 0.359 e. The van der Waals surface area contributed by atoms with Gasteiger partial charge in [-0.2, -0.15) is 0 Å². The lowest BCUT2D eigenvalue weighted by molar-refractivity contribution is -0.107. The van der Waals surface area contributed by atoms with E-state index < -0.39 is 0 Å². The zero-order valence-corrected chi connectivity index (χ0v) is 15.7. The summed E-state index contributed by atoms with van der Waals surface area (Å²) in [5.41, 5.74) is 3.98. The third-order valence-corrected chi connectivity index (χ3v) is 2.88. The molecule has 0 saturated carbocycles. The molecule has 0 spiro atoms. The summed E-state index contributed by atoms with van der Waals surface area (Å²) in [6, 6.07) is 0. The van der Waals surface area contributed by atoms with Gasteiger partial charge in [0, 0.05) is 14.2 Å². The van der Waals surface area contributed by atoms with Crippen LogP contribution in [0.25, 0.3) is 0 Å². The van der Waals surface area contributed by atoms with Crippen molar-refractivity contribution >= 4 is 6.29 Å². The molecule has 0 fully saturated rings. The summed E-state index contributed by atoms with van der Waals surface area (Å²) >= 11 is 0. The first-order valence-corrected chi connectivity index (χ1v) is 7.93. The number of methoxy groups -OCH3 is 2. The number of carbonyl (C=O) groups is 1. The highest BCUT2D eigenvalue weighted by atomic mass is 16.7.